The Kier molecular flexibility index (Phi) is 2.19. The average Bonchev–Trinajstić information content (AvgIpc) is 3.73. The Morgan fingerprint density at radius 3 is 1.84 bits per heavy atom. The first-order valence-electron chi connectivity index (χ1n) is 26.0. The number of fused-ring (bicyclic) bond motifs is 10. The van der Waals surface area contributed by atoms with E-state index in [1.54, 1.807) is 0 Å². The van der Waals surface area contributed by atoms with Crippen LogP contribution in [-0.4, -0.2) is 0 Å². The zero-order valence-electron chi connectivity index (χ0n) is 47.5. The molecule has 45 heavy (non-hydrogen) atoms. The van der Waals surface area contributed by atoms with Gasteiger partial charge in [0.05, 0.1) is 34.3 Å². The lowest BCUT2D eigenvalue weighted by molar-refractivity contribution is 0.673. The van der Waals surface area contributed by atoms with Crippen LogP contribution >= 0.6 is 0 Å². The third-order valence-corrected chi connectivity index (χ3v) is 7.64. The fourth-order valence-electron chi connectivity index (χ4n) is 5.66. The maximum Gasteiger partial charge on any atom is 0.143 e. The summed E-state index contributed by atoms with van der Waals surface area (Å²) < 4.78 is 230. The Hall–Kier alpha value is -5.92. The van der Waals surface area contributed by atoms with E-state index in [0.717, 1.165) is 6.07 Å². The number of benzene rings is 9. The van der Waals surface area contributed by atoms with Gasteiger partial charge in [-0.1, -0.05) is 127 Å². The SMILES string of the molecule is [2H]c1cc(-c2c([2H])c([2H])c3c([2H])c(-c4c5c([2H])c([2H])c([2H])c([2H])c5c([2H])c5c4c([2H])c([2H])c4c([2H])c([2H])c([2H])c([2H])c45)c([2H])c([2H])c3c2[2H])c2c(oc3c4c([2H])c([2H])c([2H])c([2H])c4c([2H])c([2H])c32)c1[2H]. The minimum absolute atomic E-state index is 0.271. The Balaban J connectivity index is 1.41. The minimum Gasteiger partial charge on any atom is -0.455 e. The van der Waals surface area contributed by atoms with Crippen LogP contribution in [0.15, 0.2) is 162 Å². The Labute approximate surface area is 294 Å². The van der Waals surface area contributed by atoms with Crippen molar-refractivity contribution in [1.29, 1.82) is 0 Å². The van der Waals surface area contributed by atoms with Crippen molar-refractivity contribution < 1.29 is 38.7 Å². The molecular formula is C44H26O. The van der Waals surface area contributed by atoms with Gasteiger partial charge in [0.1, 0.15) is 11.2 Å². The highest BCUT2D eigenvalue weighted by Crippen LogP contribution is 2.42. The van der Waals surface area contributed by atoms with Crippen LogP contribution < -0.4 is 0 Å². The predicted molar refractivity (Wildman–Crippen MR) is 192 cm³/mol. The molecule has 0 unspecified atom stereocenters. The third kappa shape index (κ3) is 3.62. The highest BCUT2D eigenvalue weighted by Gasteiger charge is 2.16. The van der Waals surface area contributed by atoms with E-state index in [9.17, 15) is 11.0 Å². The molecule has 10 aromatic rings. The van der Waals surface area contributed by atoms with Gasteiger partial charge >= 0.3 is 0 Å². The summed E-state index contributed by atoms with van der Waals surface area (Å²) in [5, 5.41) is -5.83. The van der Waals surface area contributed by atoms with E-state index in [4.69, 9.17) is 27.7 Å². The second-order valence-corrected chi connectivity index (χ2v) is 10.1. The fraction of sp³-hybridized carbons (Fsp3) is 0. The summed E-state index contributed by atoms with van der Waals surface area (Å²) in [4.78, 5) is 0. The van der Waals surface area contributed by atoms with Crippen molar-refractivity contribution in [2.24, 2.45) is 0 Å². The normalized spacial score (nSPS) is 19.8. The largest absolute Gasteiger partial charge is 0.455 e. The van der Waals surface area contributed by atoms with E-state index in [0.29, 0.717) is 0 Å². The van der Waals surface area contributed by atoms with Crippen LogP contribution in [0.4, 0.5) is 0 Å². The molecule has 0 aliphatic heterocycles. The topological polar surface area (TPSA) is 13.1 Å². The molecule has 0 saturated carbocycles. The Morgan fingerprint density at radius 2 is 1.02 bits per heavy atom. The smallest absolute Gasteiger partial charge is 0.143 e. The molecule has 1 nitrogen and oxygen atoms in total. The van der Waals surface area contributed by atoms with Crippen LogP contribution in [-0.2, 0) is 0 Å². The summed E-state index contributed by atoms with van der Waals surface area (Å²) in [6, 6.07) is -18.6. The molecule has 0 aliphatic carbocycles. The van der Waals surface area contributed by atoms with Crippen molar-refractivity contribution in [3.05, 3.63) is 157 Å². The van der Waals surface area contributed by atoms with E-state index in [-0.39, 0.29) is 32.7 Å². The summed E-state index contributed by atoms with van der Waals surface area (Å²) in [7, 11) is 0. The van der Waals surface area contributed by atoms with Crippen molar-refractivity contribution in [1.82, 2.24) is 0 Å². The zero-order chi connectivity index (χ0) is 51.2. The molecule has 0 aliphatic rings. The lowest BCUT2D eigenvalue weighted by atomic mass is 9.89. The lowest BCUT2D eigenvalue weighted by Gasteiger charge is -2.15. The Bertz CT molecular complexity index is 4230. The van der Waals surface area contributed by atoms with Crippen molar-refractivity contribution in [2.45, 2.75) is 0 Å². The van der Waals surface area contributed by atoms with Crippen LogP contribution in [0.25, 0.3) is 98.1 Å². The van der Waals surface area contributed by atoms with Crippen LogP contribution in [0.5, 0.6) is 0 Å². The number of rotatable bonds is 2. The van der Waals surface area contributed by atoms with Crippen molar-refractivity contribution >= 4 is 75.8 Å². The molecule has 0 bridgehead atoms. The molecule has 0 saturated heterocycles. The highest BCUT2D eigenvalue weighted by molar-refractivity contribution is 6.21. The molecular weight excluding hydrogens is 544 g/mol. The summed E-state index contributed by atoms with van der Waals surface area (Å²) in [6.45, 7) is 0. The summed E-state index contributed by atoms with van der Waals surface area (Å²) in [5.41, 5.74) is -3.05. The standard InChI is InChI=1S/C44H26O/c1-4-11-34-27(8-1)20-22-38-40(34)26-31-10-3-5-12-35(31)42(38)33-19-17-29-24-32(18-16-30(29)25-33)36-14-7-15-41-43(36)39-23-21-28-9-2-6-13-37(28)44(39)45-41/h1-26H/i1D,2D,3D,4D,5D,6D,7D,8D,9D,10D,11D,12D,13D,15D,16D,17D,18D,19D,20D,21D,22D,23D,24D,25D,26D. The molecule has 0 radical (unpaired) electrons. The molecule has 1 heteroatoms. The van der Waals surface area contributed by atoms with Gasteiger partial charge in [-0.3, -0.25) is 0 Å². The summed E-state index contributed by atoms with van der Waals surface area (Å²) in [5.74, 6) is 0. The average molecular weight is 596 g/mol. The van der Waals surface area contributed by atoms with Crippen molar-refractivity contribution in [2.75, 3.05) is 0 Å². The summed E-state index contributed by atoms with van der Waals surface area (Å²) in [6.07, 6.45) is 0. The zero-order valence-corrected chi connectivity index (χ0v) is 22.5. The Morgan fingerprint density at radius 1 is 0.400 bits per heavy atom. The van der Waals surface area contributed by atoms with Crippen LogP contribution in [0.1, 0.15) is 34.3 Å². The first-order chi connectivity index (χ1) is 32.7. The molecule has 0 N–H and O–H groups in total. The maximum atomic E-state index is 9.71. The van der Waals surface area contributed by atoms with E-state index >= 15 is 0 Å². The molecule has 10 rings (SSSR count). The molecule has 0 spiro atoms. The molecule has 208 valence electrons. The van der Waals surface area contributed by atoms with E-state index in [1.165, 1.54) is 0 Å². The van der Waals surface area contributed by atoms with Crippen molar-refractivity contribution in [3.63, 3.8) is 0 Å². The molecule has 9 aromatic carbocycles. The second-order valence-electron chi connectivity index (χ2n) is 10.1. The molecule has 0 fully saturated rings. The van der Waals surface area contributed by atoms with Crippen LogP contribution in [0, 0.1) is 0 Å². The predicted octanol–water partition coefficient (Wildman–Crippen LogP) is 12.7. The quantitative estimate of drug-likeness (QED) is 0.143. The highest BCUT2D eigenvalue weighted by atomic mass is 16.3. The van der Waals surface area contributed by atoms with Gasteiger partial charge in [0.15, 0.2) is 0 Å². The third-order valence-electron chi connectivity index (χ3n) is 7.64. The van der Waals surface area contributed by atoms with Gasteiger partial charge < -0.3 is 4.42 Å². The number of hydrogen-bond donors (Lipinski definition) is 0. The van der Waals surface area contributed by atoms with E-state index in [1.807, 2.05) is 0 Å². The van der Waals surface area contributed by atoms with Gasteiger partial charge in [-0.2, -0.15) is 0 Å². The second kappa shape index (κ2) is 9.29. The maximum absolute atomic E-state index is 9.71. The minimum atomic E-state index is -0.961. The first kappa shape index (κ1) is 10.6. The van der Waals surface area contributed by atoms with E-state index in [2.05, 4.69) is 0 Å². The first-order valence-corrected chi connectivity index (χ1v) is 13.5. The van der Waals surface area contributed by atoms with Crippen molar-refractivity contribution in [3.8, 4) is 22.3 Å². The monoisotopic (exact) mass is 595 g/mol. The lowest BCUT2D eigenvalue weighted by Crippen LogP contribution is -1.88. The van der Waals surface area contributed by atoms with Crippen LogP contribution in [0.3, 0.4) is 0 Å². The van der Waals surface area contributed by atoms with Gasteiger partial charge in [0, 0.05) is 16.2 Å². The molecule has 1 heterocycles. The van der Waals surface area contributed by atoms with Gasteiger partial charge in [0.2, 0.25) is 0 Å². The van der Waals surface area contributed by atoms with Gasteiger partial charge in [0.25, 0.3) is 0 Å². The van der Waals surface area contributed by atoms with Gasteiger partial charge in [-0.25, -0.2) is 0 Å². The number of furan rings is 1. The number of hydrogen-bond acceptors (Lipinski definition) is 1. The fourth-order valence-corrected chi connectivity index (χ4v) is 5.66. The van der Waals surface area contributed by atoms with E-state index < -0.39 is 216 Å². The molecule has 1 aromatic heterocycles. The van der Waals surface area contributed by atoms with Gasteiger partial charge in [-0.05, 0) is 101 Å². The molecule has 0 amide bonds. The van der Waals surface area contributed by atoms with Crippen LogP contribution in [0.2, 0.25) is 0 Å². The summed E-state index contributed by atoms with van der Waals surface area (Å²) >= 11 is 0. The molecule has 0 atom stereocenters. The van der Waals surface area contributed by atoms with Gasteiger partial charge in [-0.15, -0.1) is 0 Å².